The fourth-order valence-corrected chi connectivity index (χ4v) is 4.93. The molecule has 3 aromatic heterocycles. The van der Waals surface area contributed by atoms with Crippen molar-refractivity contribution < 1.29 is 4.79 Å². The number of hydrogen-bond donors (Lipinski definition) is 1. The number of carbonyl (C=O) groups is 1. The molecule has 0 radical (unpaired) electrons. The molecular formula is C13H12N4OS4. The third-order valence-electron chi connectivity index (χ3n) is 2.59. The first-order chi connectivity index (χ1) is 10.7. The van der Waals surface area contributed by atoms with Crippen LogP contribution in [0.2, 0.25) is 0 Å². The summed E-state index contributed by atoms with van der Waals surface area (Å²) in [5, 5.41) is 16.4. The Morgan fingerprint density at radius 2 is 2.27 bits per heavy atom. The number of amides is 1. The summed E-state index contributed by atoms with van der Waals surface area (Å²) in [6.45, 7) is 1.92. The lowest BCUT2D eigenvalue weighted by atomic mass is 10.4. The van der Waals surface area contributed by atoms with Crippen molar-refractivity contribution in [2.24, 2.45) is 0 Å². The molecule has 114 valence electrons. The van der Waals surface area contributed by atoms with Crippen LogP contribution in [0, 0.1) is 6.92 Å². The average Bonchev–Trinajstić information content (AvgIpc) is 3.20. The predicted molar refractivity (Wildman–Crippen MR) is 94.0 cm³/mol. The number of aromatic nitrogens is 3. The van der Waals surface area contributed by atoms with E-state index in [0.29, 0.717) is 17.3 Å². The lowest BCUT2D eigenvalue weighted by Gasteiger charge is -2.00. The minimum atomic E-state index is -0.0270. The highest BCUT2D eigenvalue weighted by Gasteiger charge is 2.09. The van der Waals surface area contributed by atoms with Crippen molar-refractivity contribution in [2.45, 2.75) is 17.7 Å². The Labute approximate surface area is 143 Å². The van der Waals surface area contributed by atoms with Crippen molar-refractivity contribution in [3.05, 3.63) is 27.9 Å². The van der Waals surface area contributed by atoms with Gasteiger partial charge in [-0.1, -0.05) is 29.2 Å². The van der Waals surface area contributed by atoms with E-state index in [2.05, 4.69) is 20.5 Å². The highest BCUT2D eigenvalue weighted by atomic mass is 32.2. The zero-order valence-corrected chi connectivity index (χ0v) is 14.9. The summed E-state index contributed by atoms with van der Waals surface area (Å²) < 4.78 is 0.902. The first kappa shape index (κ1) is 15.6. The van der Waals surface area contributed by atoms with E-state index in [-0.39, 0.29) is 5.91 Å². The summed E-state index contributed by atoms with van der Waals surface area (Å²) in [5.41, 5.74) is 0.911. The van der Waals surface area contributed by atoms with Crippen LogP contribution in [0.1, 0.15) is 11.4 Å². The molecule has 0 aliphatic heterocycles. The van der Waals surface area contributed by atoms with E-state index in [1.165, 1.54) is 11.3 Å². The first-order valence-electron chi connectivity index (χ1n) is 6.43. The fourth-order valence-electron chi connectivity index (χ4n) is 1.62. The van der Waals surface area contributed by atoms with Crippen LogP contribution < -0.4 is 5.32 Å². The Morgan fingerprint density at radius 3 is 3.00 bits per heavy atom. The third kappa shape index (κ3) is 4.13. The molecule has 0 bridgehead atoms. The number of thiophene rings is 1. The smallest absolute Gasteiger partial charge is 0.226 e. The first-order valence-corrected chi connectivity index (χ1v) is 9.99. The van der Waals surface area contributed by atoms with Crippen LogP contribution in [-0.4, -0.2) is 26.8 Å². The van der Waals surface area contributed by atoms with E-state index >= 15 is 0 Å². The van der Waals surface area contributed by atoms with E-state index in [0.717, 1.165) is 19.9 Å². The Hall–Kier alpha value is -1.29. The fraction of sp³-hybridized carbons (Fsp3) is 0.231. The molecule has 0 atom stereocenters. The standard InChI is InChI=1S/C13H12N4OS4/c1-8-16-17-13(22-8)20-6-4-11(18)15-12-14-9(7-21-12)10-3-2-5-19-10/h2-3,5,7H,4,6H2,1H3,(H,14,15,18). The van der Waals surface area contributed by atoms with Crippen LogP contribution in [0.15, 0.2) is 27.2 Å². The summed E-state index contributed by atoms with van der Waals surface area (Å²) in [4.78, 5) is 17.5. The molecule has 0 aromatic carbocycles. The quantitative estimate of drug-likeness (QED) is 0.662. The summed E-state index contributed by atoms with van der Waals surface area (Å²) in [7, 11) is 0. The van der Waals surface area contributed by atoms with Gasteiger partial charge in [0, 0.05) is 17.6 Å². The minimum Gasteiger partial charge on any atom is -0.302 e. The van der Waals surface area contributed by atoms with E-state index in [1.54, 1.807) is 34.4 Å². The van der Waals surface area contributed by atoms with Crippen molar-refractivity contribution >= 4 is 56.8 Å². The Kier molecular flexibility index (Phi) is 5.19. The SMILES string of the molecule is Cc1nnc(SCCC(=O)Nc2nc(-c3cccs3)cs2)s1. The topological polar surface area (TPSA) is 67.8 Å². The molecule has 22 heavy (non-hydrogen) atoms. The number of rotatable bonds is 6. The molecule has 0 saturated carbocycles. The van der Waals surface area contributed by atoms with E-state index in [9.17, 15) is 4.79 Å². The van der Waals surface area contributed by atoms with Crippen LogP contribution in [0.25, 0.3) is 10.6 Å². The van der Waals surface area contributed by atoms with Gasteiger partial charge in [-0.05, 0) is 18.4 Å². The Balaban J connectivity index is 1.47. The van der Waals surface area contributed by atoms with Crippen LogP contribution in [-0.2, 0) is 4.79 Å². The van der Waals surface area contributed by atoms with Crippen molar-refractivity contribution in [1.29, 1.82) is 0 Å². The molecule has 0 fully saturated rings. The molecule has 1 amide bonds. The van der Waals surface area contributed by atoms with Gasteiger partial charge in [0.25, 0.3) is 0 Å². The molecule has 0 saturated heterocycles. The number of aryl methyl sites for hydroxylation is 1. The number of anilines is 1. The van der Waals surface area contributed by atoms with E-state index in [4.69, 9.17) is 0 Å². The van der Waals surface area contributed by atoms with Gasteiger partial charge in [-0.25, -0.2) is 4.98 Å². The van der Waals surface area contributed by atoms with Gasteiger partial charge >= 0.3 is 0 Å². The number of hydrogen-bond acceptors (Lipinski definition) is 8. The van der Waals surface area contributed by atoms with Gasteiger partial charge in [-0.3, -0.25) is 4.79 Å². The second-order valence-electron chi connectivity index (χ2n) is 4.25. The van der Waals surface area contributed by atoms with Gasteiger partial charge in [-0.15, -0.1) is 32.9 Å². The van der Waals surface area contributed by atoms with Crippen molar-refractivity contribution in [2.75, 3.05) is 11.1 Å². The van der Waals surface area contributed by atoms with Crippen LogP contribution in [0.3, 0.4) is 0 Å². The van der Waals surface area contributed by atoms with Crippen molar-refractivity contribution in [3.8, 4) is 10.6 Å². The summed E-state index contributed by atoms with van der Waals surface area (Å²) in [6, 6.07) is 4.01. The zero-order chi connectivity index (χ0) is 15.4. The molecule has 5 nitrogen and oxygen atoms in total. The van der Waals surface area contributed by atoms with E-state index in [1.807, 2.05) is 29.8 Å². The highest BCUT2D eigenvalue weighted by Crippen LogP contribution is 2.28. The van der Waals surface area contributed by atoms with E-state index < -0.39 is 0 Å². The van der Waals surface area contributed by atoms with Crippen molar-refractivity contribution in [3.63, 3.8) is 0 Å². The van der Waals surface area contributed by atoms with Crippen LogP contribution >= 0.6 is 45.8 Å². The van der Waals surface area contributed by atoms with Crippen molar-refractivity contribution in [1.82, 2.24) is 15.2 Å². The Bertz CT molecular complexity index is 750. The van der Waals surface area contributed by atoms with Gasteiger partial charge in [0.05, 0.1) is 10.6 Å². The molecular weight excluding hydrogens is 356 g/mol. The lowest BCUT2D eigenvalue weighted by molar-refractivity contribution is -0.115. The minimum absolute atomic E-state index is 0.0270. The molecule has 0 spiro atoms. The maximum atomic E-state index is 11.9. The van der Waals surface area contributed by atoms with Crippen LogP contribution in [0.5, 0.6) is 0 Å². The van der Waals surface area contributed by atoms with Gasteiger partial charge < -0.3 is 5.32 Å². The highest BCUT2D eigenvalue weighted by molar-refractivity contribution is 8.01. The summed E-state index contributed by atoms with van der Waals surface area (Å²) >= 11 is 6.18. The normalized spacial score (nSPS) is 10.8. The second-order valence-corrected chi connectivity index (χ2v) is 8.58. The number of nitrogens with zero attached hydrogens (tertiary/aromatic N) is 3. The largest absolute Gasteiger partial charge is 0.302 e. The molecule has 3 aromatic rings. The molecule has 9 heteroatoms. The third-order valence-corrected chi connectivity index (χ3v) is 6.21. The summed E-state index contributed by atoms with van der Waals surface area (Å²) in [5.74, 6) is 0.657. The number of thiazole rings is 1. The Morgan fingerprint density at radius 1 is 1.36 bits per heavy atom. The van der Waals surface area contributed by atoms with Crippen LogP contribution in [0.4, 0.5) is 5.13 Å². The molecule has 0 unspecified atom stereocenters. The predicted octanol–water partition coefficient (Wildman–Crippen LogP) is 4.15. The maximum Gasteiger partial charge on any atom is 0.226 e. The molecule has 3 rings (SSSR count). The molecule has 0 aliphatic carbocycles. The molecule has 3 heterocycles. The monoisotopic (exact) mass is 368 g/mol. The van der Waals surface area contributed by atoms with Gasteiger partial charge in [-0.2, -0.15) is 0 Å². The van der Waals surface area contributed by atoms with Gasteiger partial charge in [0.15, 0.2) is 9.47 Å². The lowest BCUT2D eigenvalue weighted by Crippen LogP contribution is -2.11. The number of carbonyl (C=O) groups excluding carboxylic acids is 1. The second kappa shape index (κ2) is 7.32. The van der Waals surface area contributed by atoms with Gasteiger partial charge in [0.1, 0.15) is 5.01 Å². The van der Waals surface area contributed by atoms with Gasteiger partial charge in [0.2, 0.25) is 5.91 Å². The molecule has 1 N–H and O–H groups in total. The summed E-state index contributed by atoms with van der Waals surface area (Å²) in [6.07, 6.45) is 0.428. The average molecular weight is 369 g/mol. The maximum absolute atomic E-state index is 11.9. The number of thioether (sulfide) groups is 1. The molecule has 0 aliphatic rings. The zero-order valence-electron chi connectivity index (χ0n) is 11.6. The number of nitrogens with one attached hydrogen (secondary N) is 1.